The molecule has 7 atom stereocenters. The van der Waals surface area contributed by atoms with Crippen LogP contribution in [0.5, 0.6) is 0 Å². The van der Waals surface area contributed by atoms with Crippen molar-refractivity contribution in [1.29, 1.82) is 0 Å². The largest absolute Gasteiger partial charge is 0.394 e. The Morgan fingerprint density at radius 2 is 1.86 bits per heavy atom. The number of likely N-dealkylation sites (tertiary alicyclic amines) is 1. The molecule has 200 valence electrons. The number of hydrogen-bond donors (Lipinski definition) is 1. The van der Waals surface area contributed by atoms with E-state index in [4.69, 9.17) is 0 Å². The smallest absolute Gasteiger partial charge is 0.247 e. The summed E-state index contributed by atoms with van der Waals surface area (Å²) >= 11 is 5.41. The van der Waals surface area contributed by atoms with Gasteiger partial charge in [0.15, 0.2) is 0 Å². The van der Waals surface area contributed by atoms with Gasteiger partial charge in [0.25, 0.3) is 0 Å². The fourth-order valence-electron chi connectivity index (χ4n) is 6.38. The number of amides is 3. The lowest BCUT2D eigenvalue weighted by molar-refractivity contribution is -0.147. The molecular weight excluding hydrogens is 554 g/mol. The molecule has 4 rings (SSSR count). The first kappa shape index (κ1) is 27.9. The zero-order valence-electron chi connectivity index (χ0n) is 21.6. The molecule has 7 nitrogen and oxygen atoms in total. The standard InChI is InChI=1S/C28H36BrN3O4S/c1-6-13-30(5)25(34)21-22-26(35)32(20(16-33)18-11-9-8-10-12-18)24(27(36)31(14-7-2)17(3)4)28(22)15-19(29)23(21)37-28/h6-12,17,19-24,33H,1-2,13-16H2,3-5H3/t19?,20-,21-,22+,23-,24?,28?/m1/s1. The lowest BCUT2D eigenvalue weighted by Crippen LogP contribution is -2.57. The van der Waals surface area contributed by atoms with Gasteiger partial charge in [-0.15, -0.1) is 24.9 Å². The second-order valence-corrected chi connectivity index (χ2v) is 13.1. The van der Waals surface area contributed by atoms with Gasteiger partial charge in [-0.25, -0.2) is 0 Å². The minimum Gasteiger partial charge on any atom is -0.394 e. The summed E-state index contributed by atoms with van der Waals surface area (Å²) in [6.45, 7) is 11.9. The number of likely N-dealkylation sites (N-methyl/N-ethyl adjacent to an activating group) is 1. The number of aliphatic hydroxyl groups excluding tert-OH is 1. The lowest BCUT2D eigenvalue weighted by Gasteiger charge is -2.41. The molecule has 0 aromatic heterocycles. The van der Waals surface area contributed by atoms with Crippen LogP contribution >= 0.6 is 27.7 Å². The minimum atomic E-state index is -0.817. The zero-order chi connectivity index (χ0) is 27.1. The number of nitrogens with zero attached hydrogens (tertiary/aromatic N) is 3. The summed E-state index contributed by atoms with van der Waals surface area (Å²) in [5.41, 5.74) is 0.758. The third-order valence-electron chi connectivity index (χ3n) is 7.95. The number of thioether (sulfide) groups is 1. The average molecular weight is 591 g/mol. The van der Waals surface area contributed by atoms with E-state index in [1.807, 2.05) is 44.2 Å². The van der Waals surface area contributed by atoms with E-state index in [1.54, 1.807) is 45.7 Å². The van der Waals surface area contributed by atoms with E-state index < -0.39 is 28.7 Å². The molecular formula is C28H36BrN3O4S. The third-order valence-corrected chi connectivity index (χ3v) is 11.2. The average Bonchev–Trinajstić information content (AvgIpc) is 3.46. The van der Waals surface area contributed by atoms with Crippen LogP contribution in [0.1, 0.15) is 31.9 Å². The highest BCUT2D eigenvalue weighted by atomic mass is 79.9. The first-order valence-electron chi connectivity index (χ1n) is 12.7. The second-order valence-electron chi connectivity index (χ2n) is 10.4. The number of carbonyl (C=O) groups excluding carboxylic acids is 3. The van der Waals surface area contributed by atoms with Crippen molar-refractivity contribution in [2.24, 2.45) is 11.8 Å². The molecule has 1 aromatic rings. The van der Waals surface area contributed by atoms with Crippen molar-refractivity contribution in [1.82, 2.24) is 14.7 Å². The predicted molar refractivity (Wildman–Crippen MR) is 150 cm³/mol. The van der Waals surface area contributed by atoms with Crippen LogP contribution in [0.2, 0.25) is 0 Å². The van der Waals surface area contributed by atoms with E-state index >= 15 is 0 Å². The number of fused-ring (bicyclic) bond motifs is 1. The van der Waals surface area contributed by atoms with Crippen LogP contribution in [0.15, 0.2) is 55.6 Å². The Bertz CT molecular complexity index is 1070. The molecule has 3 fully saturated rings. The van der Waals surface area contributed by atoms with Crippen LogP contribution in [0.4, 0.5) is 0 Å². The van der Waals surface area contributed by atoms with Crippen molar-refractivity contribution in [3.05, 3.63) is 61.2 Å². The zero-order valence-corrected chi connectivity index (χ0v) is 24.0. The van der Waals surface area contributed by atoms with Crippen LogP contribution < -0.4 is 0 Å². The molecule has 2 bridgehead atoms. The van der Waals surface area contributed by atoms with Gasteiger partial charge in [-0.05, 0) is 25.8 Å². The Morgan fingerprint density at radius 3 is 2.43 bits per heavy atom. The van der Waals surface area contributed by atoms with Crippen molar-refractivity contribution in [2.75, 3.05) is 26.7 Å². The van der Waals surface area contributed by atoms with Crippen molar-refractivity contribution in [3.8, 4) is 0 Å². The molecule has 1 spiro atoms. The van der Waals surface area contributed by atoms with E-state index in [1.165, 1.54) is 0 Å². The molecule has 3 aliphatic rings. The highest BCUT2D eigenvalue weighted by Crippen LogP contribution is 2.68. The van der Waals surface area contributed by atoms with Gasteiger partial charge in [0.1, 0.15) is 6.04 Å². The van der Waals surface area contributed by atoms with Gasteiger partial charge in [-0.3, -0.25) is 14.4 Å². The summed E-state index contributed by atoms with van der Waals surface area (Å²) in [6.07, 6.45) is 3.95. The van der Waals surface area contributed by atoms with E-state index in [0.717, 1.165) is 5.56 Å². The van der Waals surface area contributed by atoms with Crippen molar-refractivity contribution in [2.45, 2.75) is 53.2 Å². The Hall–Kier alpha value is -2.10. The number of halogens is 1. The molecule has 1 aromatic carbocycles. The summed E-state index contributed by atoms with van der Waals surface area (Å²) in [4.78, 5) is 47.5. The quantitative estimate of drug-likeness (QED) is 0.335. The van der Waals surface area contributed by atoms with Gasteiger partial charge in [0.2, 0.25) is 17.7 Å². The first-order chi connectivity index (χ1) is 17.6. The van der Waals surface area contributed by atoms with Crippen molar-refractivity contribution < 1.29 is 19.5 Å². The Kier molecular flexibility index (Phi) is 8.26. The highest BCUT2D eigenvalue weighted by molar-refractivity contribution is 9.09. The molecule has 1 N–H and O–H groups in total. The maximum absolute atomic E-state index is 14.4. The minimum absolute atomic E-state index is 0.0147. The van der Waals surface area contributed by atoms with Gasteiger partial charge in [0.05, 0.1) is 29.2 Å². The van der Waals surface area contributed by atoms with E-state index in [2.05, 4.69) is 29.1 Å². The summed E-state index contributed by atoms with van der Waals surface area (Å²) in [5.74, 6) is -1.73. The molecule has 9 heteroatoms. The summed E-state index contributed by atoms with van der Waals surface area (Å²) < 4.78 is -0.779. The number of hydrogen-bond acceptors (Lipinski definition) is 5. The van der Waals surface area contributed by atoms with E-state index in [9.17, 15) is 19.5 Å². The third kappa shape index (κ3) is 4.46. The van der Waals surface area contributed by atoms with Gasteiger partial charge >= 0.3 is 0 Å². The van der Waals surface area contributed by atoms with Gasteiger partial charge in [0, 0.05) is 36.3 Å². The molecule has 3 unspecified atom stereocenters. The second kappa shape index (κ2) is 10.9. The maximum atomic E-state index is 14.4. The number of alkyl halides is 1. The molecule has 3 saturated heterocycles. The van der Waals surface area contributed by atoms with Crippen LogP contribution in [-0.2, 0) is 14.4 Å². The topological polar surface area (TPSA) is 81.2 Å². The number of aliphatic hydroxyl groups is 1. The van der Waals surface area contributed by atoms with Crippen LogP contribution in [0, 0.1) is 11.8 Å². The molecule has 0 saturated carbocycles. The fraction of sp³-hybridized carbons (Fsp3) is 0.536. The van der Waals surface area contributed by atoms with Gasteiger partial charge in [-0.1, -0.05) is 58.4 Å². The van der Waals surface area contributed by atoms with Crippen molar-refractivity contribution >= 4 is 45.4 Å². The van der Waals surface area contributed by atoms with Gasteiger partial charge < -0.3 is 19.8 Å². The number of rotatable bonds is 10. The highest BCUT2D eigenvalue weighted by Gasteiger charge is 2.76. The Morgan fingerprint density at radius 1 is 1.22 bits per heavy atom. The van der Waals surface area contributed by atoms with Gasteiger partial charge in [-0.2, -0.15) is 0 Å². The Balaban J connectivity index is 1.87. The Labute approximate surface area is 232 Å². The van der Waals surface area contributed by atoms with Crippen LogP contribution in [0.3, 0.4) is 0 Å². The molecule has 3 amide bonds. The van der Waals surface area contributed by atoms with Crippen LogP contribution in [0.25, 0.3) is 0 Å². The van der Waals surface area contributed by atoms with Crippen molar-refractivity contribution in [3.63, 3.8) is 0 Å². The van der Waals surface area contributed by atoms with Crippen LogP contribution in [-0.4, -0.2) is 91.2 Å². The molecule has 3 aliphatic heterocycles. The van der Waals surface area contributed by atoms with E-state index in [-0.39, 0.29) is 40.4 Å². The monoisotopic (exact) mass is 589 g/mol. The fourth-order valence-corrected chi connectivity index (χ4v) is 9.97. The molecule has 37 heavy (non-hydrogen) atoms. The summed E-state index contributed by atoms with van der Waals surface area (Å²) in [5, 5.41) is 10.5. The molecule has 3 heterocycles. The maximum Gasteiger partial charge on any atom is 0.247 e. The number of benzene rings is 1. The molecule has 0 radical (unpaired) electrons. The lowest BCUT2D eigenvalue weighted by atomic mass is 9.70. The molecule has 0 aliphatic carbocycles. The normalized spacial score (nSPS) is 30.8. The SMILES string of the molecule is C=CCN(C)C(=O)[C@H]1[C@@H]2SC3(CC2Br)C(C(=O)N(CC=C)C(C)C)N([C@H](CO)c2ccccc2)C(=O)[C@H]13. The predicted octanol–water partition coefficient (Wildman–Crippen LogP) is 3.25. The summed E-state index contributed by atoms with van der Waals surface area (Å²) in [7, 11) is 1.72. The first-order valence-corrected chi connectivity index (χ1v) is 14.5. The van der Waals surface area contributed by atoms with E-state index in [0.29, 0.717) is 19.5 Å². The summed E-state index contributed by atoms with van der Waals surface area (Å²) in [6, 6.07) is 7.70. The number of carbonyl (C=O) groups is 3.